The summed E-state index contributed by atoms with van der Waals surface area (Å²) in [6.45, 7) is 0.949. The number of nitrogens with zero attached hydrogens (tertiary/aromatic N) is 2. The molecule has 2 aromatic carbocycles. The summed E-state index contributed by atoms with van der Waals surface area (Å²) in [5.41, 5.74) is 4.42. The molecule has 142 valence electrons. The number of hydrogen-bond donors (Lipinski definition) is 2. The lowest BCUT2D eigenvalue weighted by atomic mass is 9.49. The number of phenolic OH excluding ortho intramolecular Hbond substituents is 1. The fourth-order valence-corrected chi connectivity index (χ4v) is 6.22. The Bertz CT molecular complexity index is 1130. The van der Waals surface area contributed by atoms with E-state index in [0.29, 0.717) is 6.42 Å². The summed E-state index contributed by atoms with van der Waals surface area (Å²) >= 11 is 0. The highest BCUT2D eigenvalue weighted by atomic mass is 16.3. The van der Waals surface area contributed by atoms with Crippen LogP contribution in [-0.4, -0.2) is 45.3 Å². The lowest BCUT2D eigenvalue weighted by Gasteiger charge is -2.63. The molecular formula is C24H24N2O2. The highest BCUT2D eigenvalue weighted by Crippen LogP contribution is 2.56. The minimum atomic E-state index is -0.849. The van der Waals surface area contributed by atoms with Gasteiger partial charge in [-0.2, -0.15) is 0 Å². The number of aliphatic hydroxyl groups is 1. The number of benzene rings is 2. The maximum absolute atomic E-state index is 12.2. The monoisotopic (exact) mass is 372 g/mol. The molecule has 4 nitrogen and oxygen atoms in total. The maximum Gasteiger partial charge on any atom is 0.115 e. The van der Waals surface area contributed by atoms with Gasteiger partial charge in [0.1, 0.15) is 5.75 Å². The number of phenols is 1. The number of piperidine rings is 1. The molecule has 28 heavy (non-hydrogen) atoms. The number of rotatable bonds is 0. The van der Waals surface area contributed by atoms with Gasteiger partial charge < -0.3 is 15.1 Å². The summed E-state index contributed by atoms with van der Waals surface area (Å²) in [7, 11) is 2.13. The Morgan fingerprint density at radius 2 is 1.93 bits per heavy atom. The van der Waals surface area contributed by atoms with Gasteiger partial charge in [0, 0.05) is 35.4 Å². The van der Waals surface area contributed by atoms with Crippen LogP contribution in [0.15, 0.2) is 48.5 Å². The summed E-state index contributed by atoms with van der Waals surface area (Å²) < 4.78 is 0. The van der Waals surface area contributed by atoms with Gasteiger partial charge in [-0.05, 0) is 67.4 Å². The van der Waals surface area contributed by atoms with Gasteiger partial charge in [0.15, 0.2) is 0 Å². The largest absolute Gasteiger partial charge is 0.508 e. The molecule has 4 heteroatoms. The number of hydrogen-bond acceptors (Lipinski definition) is 4. The van der Waals surface area contributed by atoms with Crippen molar-refractivity contribution in [1.29, 1.82) is 0 Å². The molecule has 3 aromatic rings. The van der Waals surface area contributed by atoms with Crippen molar-refractivity contribution in [2.45, 2.75) is 42.7 Å². The smallest absolute Gasteiger partial charge is 0.115 e. The topological polar surface area (TPSA) is 56.6 Å². The lowest BCUT2D eigenvalue weighted by molar-refractivity contribution is -0.145. The van der Waals surface area contributed by atoms with E-state index in [9.17, 15) is 10.2 Å². The normalized spacial score (nSPS) is 31.1. The second kappa shape index (κ2) is 5.34. The van der Waals surface area contributed by atoms with E-state index in [-0.39, 0.29) is 17.2 Å². The Labute approximate surface area is 164 Å². The standard InChI is InChI=1S/C24H24N2O2/c1-26-9-8-23-14-21-17(10-16-4-2-3-5-20(16)25-21)13-24(23,28)22(26)11-15-6-7-18(27)12-19(15)23/h2-7,10,12,22,27-28H,8-9,11,13-14H2,1H3/t22-,23-,24+/m1/s1. The van der Waals surface area contributed by atoms with E-state index < -0.39 is 5.60 Å². The average Bonchev–Trinajstić information content (AvgIpc) is 2.68. The molecule has 2 aliphatic carbocycles. The van der Waals surface area contributed by atoms with Gasteiger partial charge in [-0.15, -0.1) is 0 Å². The van der Waals surface area contributed by atoms with Crippen molar-refractivity contribution in [3.63, 3.8) is 0 Å². The maximum atomic E-state index is 12.2. The molecule has 0 spiro atoms. The Morgan fingerprint density at radius 1 is 1.07 bits per heavy atom. The molecule has 3 aliphatic rings. The average molecular weight is 372 g/mol. The first kappa shape index (κ1) is 16.5. The molecule has 2 N–H and O–H groups in total. The van der Waals surface area contributed by atoms with E-state index in [1.165, 1.54) is 11.1 Å². The van der Waals surface area contributed by atoms with E-state index in [4.69, 9.17) is 4.98 Å². The summed E-state index contributed by atoms with van der Waals surface area (Å²) in [5.74, 6) is 0.283. The second-order valence-electron chi connectivity index (χ2n) is 8.94. The summed E-state index contributed by atoms with van der Waals surface area (Å²) in [4.78, 5) is 7.33. The summed E-state index contributed by atoms with van der Waals surface area (Å²) in [5, 5.41) is 23.6. The zero-order chi connectivity index (χ0) is 19.1. The molecule has 1 aromatic heterocycles. The van der Waals surface area contributed by atoms with Gasteiger partial charge in [0.25, 0.3) is 0 Å². The van der Waals surface area contributed by atoms with Gasteiger partial charge in [-0.3, -0.25) is 4.98 Å². The number of likely N-dealkylation sites (N-methyl/N-ethyl adjacent to an activating group) is 1. The number of para-hydroxylation sites is 1. The highest BCUT2D eigenvalue weighted by molar-refractivity contribution is 5.79. The molecule has 2 heterocycles. The number of fused-ring (bicyclic) bond motifs is 3. The number of pyridine rings is 1. The van der Waals surface area contributed by atoms with E-state index in [2.05, 4.69) is 30.1 Å². The molecule has 0 radical (unpaired) electrons. The molecular weight excluding hydrogens is 348 g/mol. The first-order valence-corrected chi connectivity index (χ1v) is 10.1. The van der Waals surface area contributed by atoms with Crippen LogP contribution in [0.4, 0.5) is 0 Å². The minimum absolute atomic E-state index is 0.0814. The van der Waals surface area contributed by atoms with Crippen molar-refractivity contribution in [3.8, 4) is 5.75 Å². The predicted molar refractivity (Wildman–Crippen MR) is 109 cm³/mol. The van der Waals surface area contributed by atoms with Crippen LogP contribution in [0.1, 0.15) is 28.8 Å². The quantitative estimate of drug-likeness (QED) is 0.637. The van der Waals surface area contributed by atoms with Crippen molar-refractivity contribution in [2.24, 2.45) is 0 Å². The van der Waals surface area contributed by atoms with Crippen molar-refractivity contribution in [2.75, 3.05) is 13.6 Å². The third-order valence-electron chi connectivity index (χ3n) is 7.65. The van der Waals surface area contributed by atoms with Crippen LogP contribution in [-0.2, 0) is 24.7 Å². The van der Waals surface area contributed by atoms with Gasteiger partial charge in [-0.1, -0.05) is 24.3 Å². The first-order chi connectivity index (χ1) is 13.5. The molecule has 1 aliphatic heterocycles. The number of aromatic nitrogens is 1. The Balaban J connectivity index is 1.63. The number of likely N-dealkylation sites (tertiary alicyclic amines) is 1. The first-order valence-electron chi connectivity index (χ1n) is 10.1. The van der Waals surface area contributed by atoms with E-state index >= 15 is 0 Å². The fraction of sp³-hybridized carbons (Fsp3) is 0.375. The predicted octanol–water partition coefficient (Wildman–Crippen LogP) is 2.97. The van der Waals surface area contributed by atoms with Crippen LogP contribution in [0.5, 0.6) is 5.75 Å². The second-order valence-corrected chi connectivity index (χ2v) is 8.94. The van der Waals surface area contributed by atoms with Gasteiger partial charge >= 0.3 is 0 Å². The van der Waals surface area contributed by atoms with Gasteiger partial charge in [0.2, 0.25) is 0 Å². The Morgan fingerprint density at radius 3 is 2.82 bits per heavy atom. The molecule has 3 atom stereocenters. The molecule has 2 bridgehead atoms. The molecule has 1 saturated heterocycles. The van der Waals surface area contributed by atoms with Crippen LogP contribution in [0.3, 0.4) is 0 Å². The third kappa shape index (κ3) is 1.94. The zero-order valence-electron chi connectivity index (χ0n) is 16.0. The van der Waals surface area contributed by atoms with E-state index in [1.807, 2.05) is 24.3 Å². The van der Waals surface area contributed by atoms with Crippen LogP contribution >= 0.6 is 0 Å². The molecule has 0 amide bonds. The minimum Gasteiger partial charge on any atom is -0.508 e. The summed E-state index contributed by atoms with van der Waals surface area (Å²) in [6, 6.07) is 16.2. The highest BCUT2D eigenvalue weighted by Gasteiger charge is 2.64. The Hall–Kier alpha value is -2.43. The lowest BCUT2D eigenvalue weighted by Crippen LogP contribution is -2.73. The van der Waals surface area contributed by atoms with Crippen molar-refractivity contribution < 1.29 is 10.2 Å². The summed E-state index contributed by atoms with van der Waals surface area (Å²) in [6.07, 6.45) is 3.04. The van der Waals surface area contributed by atoms with Crippen molar-refractivity contribution >= 4 is 10.9 Å². The molecule has 6 rings (SSSR count). The van der Waals surface area contributed by atoms with Crippen LogP contribution in [0, 0.1) is 0 Å². The Kier molecular flexibility index (Phi) is 3.15. The molecule has 1 fully saturated rings. The molecule has 0 unspecified atom stereocenters. The van der Waals surface area contributed by atoms with E-state index in [1.54, 1.807) is 6.07 Å². The molecule has 0 saturated carbocycles. The van der Waals surface area contributed by atoms with E-state index in [0.717, 1.165) is 48.0 Å². The number of aromatic hydroxyl groups is 1. The van der Waals surface area contributed by atoms with Crippen molar-refractivity contribution in [1.82, 2.24) is 9.88 Å². The SMILES string of the molecule is CN1CC[C@]23Cc4nc5ccccc5cc4C[C@]2(O)[C@H]1Cc1ccc(O)cc13. The third-order valence-corrected chi connectivity index (χ3v) is 7.65. The zero-order valence-corrected chi connectivity index (χ0v) is 16.0. The van der Waals surface area contributed by atoms with Crippen molar-refractivity contribution in [3.05, 3.63) is 70.9 Å². The fourth-order valence-electron chi connectivity index (χ4n) is 6.22. The van der Waals surface area contributed by atoms with Crippen LogP contribution < -0.4 is 0 Å². The van der Waals surface area contributed by atoms with Gasteiger partial charge in [0.05, 0.1) is 11.1 Å². The van der Waals surface area contributed by atoms with Crippen LogP contribution in [0.25, 0.3) is 10.9 Å². The van der Waals surface area contributed by atoms with Crippen LogP contribution in [0.2, 0.25) is 0 Å². The van der Waals surface area contributed by atoms with Gasteiger partial charge in [-0.25, -0.2) is 0 Å².